The number of carbonyl (C=O) groups is 1. The lowest BCUT2D eigenvalue weighted by atomic mass is 10.2. The second-order valence-corrected chi connectivity index (χ2v) is 6.65. The first kappa shape index (κ1) is 15.3. The molecule has 1 aliphatic heterocycles. The summed E-state index contributed by atoms with van der Waals surface area (Å²) in [5, 5.41) is 2.61. The van der Waals surface area contributed by atoms with Gasteiger partial charge in [-0.1, -0.05) is 12.1 Å². The number of benzene rings is 2. The molecule has 2 N–H and O–H groups in total. The Morgan fingerprint density at radius 2 is 1.96 bits per heavy atom. The van der Waals surface area contributed by atoms with E-state index in [1.54, 1.807) is 6.92 Å². The highest BCUT2D eigenvalue weighted by Gasteiger charge is 2.24. The van der Waals surface area contributed by atoms with Crippen LogP contribution in [0.4, 0.5) is 15.8 Å². The predicted octanol–water partition coefficient (Wildman–Crippen LogP) is 2.35. The number of hydrogen-bond acceptors (Lipinski definition) is 4. The molecule has 6 nitrogen and oxygen atoms in total. The molecular weight excluding hydrogens is 323 g/mol. The Morgan fingerprint density at radius 1 is 1.22 bits per heavy atom. The van der Waals surface area contributed by atoms with Gasteiger partial charge in [0, 0.05) is 0 Å². The molecule has 1 aliphatic rings. The summed E-state index contributed by atoms with van der Waals surface area (Å²) in [6.45, 7) is 1.60. The summed E-state index contributed by atoms with van der Waals surface area (Å²) < 4.78 is 45.8. The Labute approximate surface area is 132 Å². The molecule has 3 rings (SSSR count). The smallest absolute Gasteiger partial charge is 0.265 e. The van der Waals surface area contributed by atoms with Gasteiger partial charge < -0.3 is 10.1 Å². The number of ether oxygens (including phenoxy) is 1. The van der Waals surface area contributed by atoms with Crippen molar-refractivity contribution >= 4 is 27.3 Å². The monoisotopic (exact) mass is 336 g/mol. The van der Waals surface area contributed by atoms with E-state index in [0.717, 1.165) is 6.07 Å². The summed E-state index contributed by atoms with van der Waals surface area (Å²) in [5.74, 6) is -0.735. The number of fused-ring (bicyclic) bond motifs is 1. The number of amides is 1. The van der Waals surface area contributed by atoms with Gasteiger partial charge in [0.1, 0.15) is 16.5 Å². The van der Waals surface area contributed by atoms with Crippen molar-refractivity contribution < 1.29 is 22.3 Å². The fourth-order valence-corrected chi connectivity index (χ4v) is 3.27. The van der Waals surface area contributed by atoms with Gasteiger partial charge >= 0.3 is 0 Å². The number of hydrogen-bond donors (Lipinski definition) is 2. The summed E-state index contributed by atoms with van der Waals surface area (Å²) in [5.41, 5.74) is 0.535. The zero-order valence-electron chi connectivity index (χ0n) is 12.0. The van der Waals surface area contributed by atoms with Gasteiger partial charge in [0.05, 0.1) is 11.4 Å². The van der Waals surface area contributed by atoms with E-state index in [2.05, 4.69) is 10.0 Å². The Balaban J connectivity index is 1.91. The van der Waals surface area contributed by atoms with Crippen molar-refractivity contribution in [3.05, 3.63) is 48.3 Å². The van der Waals surface area contributed by atoms with Crippen molar-refractivity contribution in [1.29, 1.82) is 0 Å². The lowest BCUT2D eigenvalue weighted by Crippen LogP contribution is -2.34. The van der Waals surface area contributed by atoms with Crippen LogP contribution in [-0.2, 0) is 14.8 Å². The molecule has 0 fully saturated rings. The molecule has 0 spiro atoms. The molecule has 0 saturated heterocycles. The molecule has 0 bridgehead atoms. The van der Waals surface area contributed by atoms with Crippen molar-refractivity contribution in [1.82, 2.24) is 0 Å². The van der Waals surface area contributed by atoms with E-state index in [9.17, 15) is 17.6 Å². The van der Waals surface area contributed by atoms with Gasteiger partial charge in [-0.3, -0.25) is 9.52 Å². The van der Waals surface area contributed by atoms with Crippen molar-refractivity contribution in [3.63, 3.8) is 0 Å². The molecule has 0 saturated carbocycles. The first-order valence-corrected chi connectivity index (χ1v) is 8.24. The maximum atomic E-state index is 13.7. The lowest BCUT2D eigenvalue weighted by Gasteiger charge is -2.23. The highest BCUT2D eigenvalue weighted by Crippen LogP contribution is 2.33. The fourth-order valence-electron chi connectivity index (χ4n) is 2.15. The number of sulfonamides is 1. The minimum atomic E-state index is -4.07. The summed E-state index contributed by atoms with van der Waals surface area (Å²) in [7, 11) is -4.07. The molecule has 1 atom stereocenters. The summed E-state index contributed by atoms with van der Waals surface area (Å²) in [6.07, 6.45) is -0.622. The van der Waals surface area contributed by atoms with Crippen LogP contribution in [0.5, 0.6) is 5.75 Å². The van der Waals surface area contributed by atoms with E-state index in [0.29, 0.717) is 11.4 Å². The van der Waals surface area contributed by atoms with Crippen LogP contribution in [0.1, 0.15) is 6.92 Å². The Hall–Kier alpha value is -2.61. The topological polar surface area (TPSA) is 84.5 Å². The minimum absolute atomic E-state index is 0.186. The van der Waals surface area contributed by atoms with Gasteiger partial charge in [0.15, 0.2) is 6.10 Å². The molecule has 1 unspecified atom stereocenters. The van der Waals surface area contributed by atoms with Gasteiger partial charge in [-0.2, -0.15) is 0 Å². The predicted molar refractivity (Wildman–Crippen MR) is 82.4 cm³/mol. The van der Waals surface area contributed by atoms with Gasteiger partial charge in [0.25, 0.3) is 15.9 Å². The van der Waals surface area contributed by atoms with Gasteiger partial charge in [-0.05, 0) is 37.3 Å². The second kappa shape index (κ2) is 5.54. The molecule has 120 valence electrons. The SMILES string of the molecule is CC1Oc2ccc(NS(=O)(=O)c3ccccc3F)cc2NC1=O. The van der Waals surface area contributed by atoms with Crippen LogP contribution < -0.4 is 14.8 Å². The van der Waals surface area contributed by atoms with E-state index in [-0.39, 0.29) is 11.6 Å². The van der Waals surface area contributed by atoms with Crippen LogP contribution in [0.2, 0.25) is 0 Å². The van der Waals surface area contributed by atoms with Crippen molar-refractivity contribution in [2.75, 3.05) is 10.0 Å². The van der Waals surface area contributed by atoms with Gasteiger partial charge in [0.2, 0.25) is 0 Å². The van der Waals surface area contributed by atoms with Gasteiger partial charge in [-0.25, -0.2) is 12.8 Å². The zero-order chi connectivity index (χ0) is 16.6. The van der Waals surface area contributed by atoms with E-state index >= 15 is 0 Å². The molecule has 1 amide bonds. The number of carbonyl (C=O) groups excluding carboxylic acids is 1. The normalized spacial score (nSPS) is 17.0. The standard InChI is InChI=1S/C15H13FN2O4S/c1-9-15(19)17-12-8-10(6-7-13(12)22-9)18-23(20,21)14-5-3-2-4-11(14)16/h2-9,18H,1H3,(H,17,19). The molecule has 0 aromatic heterocycles. The third-order valence-corrected chi connectivity index (χ3v) is 4.70. The number of halogens is 1. The highest BCUT2D eigenvalue weighted by atomic mass is 32.2. The summed E-state index contributed by atoms with van der Waals surface area (Å²) in [4.78, 5) is 11.1. The molecule has 0 radical (unpaired) electrons. The quantitative estimate of drug-likeness (QED) is 0.901. The fraction of sp³-hybridized carbons (Fsp3) is 0.133. The minimum Gasteiger partial charge on any atom is -0.479 e. The van der Waals surface area contributed by atoms with Crippen LogP contribution in [0, 0.1) is 5.82 Å². The Kier molecular flexibility index (Phi) is 3.69. The van der Waals surface area contributed by atoms with Gasteiger partial charge in [-0.15, -0.1) is 0 Å². The number of anilines is 2. The molecule has 23 heavy (non-hydrogen) atoms. The zero-order valence-corrected chi connectivity index (χ0v) is 12.9. The third kappa shape index (κ3) is 2.98. The average molecular weight is 336 g/mol. The molecule has 0 aliphatic carbocycles. The maximum absolute atomic E-state index is 13.7. The van der Waals surface area contributed by atoms with E-state index < -0.39 is 26.8 Å². The van der Waals surface area contributed by atoms with Crippen LogP contribution in [0.3, 0.4) is 0 Å². The molecule has 8 heteroatoms. The van der Waals surface area contributed by atoms with E-state index in [1.165, 1.54) is 36.4 Å². The number of nitrogens with one attached hydrogen (secondary N) is 2. The molecule has 1 heterocycles. The first-order chi connectivity index (χ1) is 10.9. The molecule has 2 aromatic carbocycles. The first-order valence-electron chi connectivity index (χ1n) is 6.76. The molecule has 2 aromatic rings. The van der Waals surface area contributed by atoms with Crippen molar-refractivity contribution in [2.24, 2.45) is 0 Å². The Bertz CT molecular complexity index is 883. The van der Waals surface area contributed by atoms with Crippen LogP contribution in [0.15, 0.2) is 47.4 Å². The summed E-state index contributed by atoms with van der Waals surface area (Å²) in [6, 6.07) is 9.49. The number of rotatable bonds is 3. The van der Waals surface area contributed by atoms with Crippen LogP contribution >= 0.6 is 0 Å². The average Bonchev–Trinajstić information content (AvgIpc) is 2.48. The third-order valence-electron chi connectivity index (χ3n) is 3.29. The van der Waals surface area contributed by atoms with E-state index in [1.807, 2.05) is 0 Å². The second-order valence-electron chi connectivity index (χ2n) is 5.00. The summed E-state index contributed by atoms with van der Waals surface area (Å²) >= 11 is 0. The van der Waals surface area contributed by atoms with Crippen molar-refractivity contribution in [3.8, 4) is 5.75 Å². The van der Waals surface area contributed by atoms with Crippen LogP contribution in [-0.4, -0.2) is 20.4 Å². The lowest BCUT2D eigenvalue weighted by molar-refractivity contribution is -0.122. The van der Waals surface area contributed by atoms with Crippen LogP contribution in [0.25, 0.3) is 0 Å². The maximum Gasteiger partial charge on any atom is 0.265 e. The molecular formula is C15H13FN2O4S. The largest absolute Gasteiger partial charge is 0.479 e. The van der Waals surface area contributed by atoms with Crippen molar-refractivity contribution in [2.45, 2.75) is 17.9 Å². The van der Waals surface area contributed by atoms with E-state index in [4.69, 9.17) is 4.74 Å². The Morgan fingerprint density at radius 3 is 2.70 bits per heavy atom. The highest BCUT2D eigenvalue weighted by molar-refractivity contribution is 7.92.